The van der Waals surface area contributed by atoms with E-state index in [1.54, 1.807) is 0 Å². The first-order valence-electron chi connectivity index (χ1n) is 7.30. The normalized spacial score (nSPS) is 9.91. The third-order valence-corrected chi connectivity index (χ3v) is 3.40. The van der Waals surface area contributed by atoms with Crippen molar-refractivity contribution in [1.82, 2.24) is 4.90 Å². The van der Waals surface area contributed by atoms with Crippen molar-refractivity contribution in [2.24, 2.45) is 5.73 Å². The maximum absolute atomic E-state index is 12.7. The topological polar surface area (TPSA) is 46.3 Å². The van der Waals surface area contributed by atoms with Crippen molar-refractivity contribution in [1.29, 1.82) is 0 Å². The molecule has 2 N–H and O–H groups in total. The van der Waals surface area contributed by atoms with Gasteiger partial charge in [0.15, 0.2) is 0 Å². The van der Waals surface area contributed by atoms with E-state index < -0.39 is 0 Å². The standard InChI is InChI=1S/C18H22N2O.ClH/c1-15-7-5-10-17(13-15)18(21)20(12-6-11-19)14-16-8-3-2-4-9-16;/h2-5,7-10,13H,6,11-12,14,19H2,1H3;1H. The Morgan fingerprint density at radius 2 is 1.82 bits per heavy atom. The van der Waals surface area contributed by atoms with E-state index in [2.05, 4.69) is 0 Å². The van der Waals surface area contributed by atoms with Crippen molar-refractivity contribution in [3.8, 4) is 0 Å². The van der Waals surface area contributed by atoms with Gasteiger partial charge in [-0.1, -0.05) is 48.0 Å². The molecule has 0 atom stereocenters. The molecule has 0 heterocycles. The second-order valence-corrected chi connectivity index (χ2v) is 5.22. The summed E-state index contributed by atoms with van der Waals surface area (Å²) in [6, 6.07) is 17.8. The lowest BCUT2D eigenvalue weighted by Crippen LogP contribution is -2.32. The third kappa shape index (κ3) is 5.17. The number of nitrogens with two attached hydrogens (primary N) is 1. The average Bonchev–Trinajstić information content (AvgIpc) is 2.51. The van der Waals surface area contributed by atoms with Crippen LogP contribution >= 0.6 is 12.4 Å². The van der Waals surface area contributed by atoms with Crippen LogP contribution in [-0.2, 0) is 6.54 Å². The zero-order chi connectivity index (χ0) is 15.1. The zero-order valence-corrected chi connectivity index (χ0v) is 13.7. The molecule has 0 saturated carbocycles. The highest BCUT2D eigenvalue weighted by Gasteiger charge is 2.15. The second kappa shape index (κ2) is 9.23. The van der Waals surface area contributed by atoms with Crippen LogP contribution in [0, 0.1) is 6.92 Å². The summed E-state index contributed by atoms with van der Waals surface area (Å²) in [5, 5.41) is 0. The van der Waals surface area contributed by atoms with Crippen LogP contribution in [0.5, 0.6) is 0 Å². The van der Waals surface area contributed by atoms with E-state index in [9.17, 15) is 4.79 Å². The summed E-state index contributed by atoms with van der Waals surface area (Å²) in [5.41, 5.74) is 8.57. The fourth-order valence-corrected chi connectivity index (χ4v) is 2.30. The molecule has 0 aliphatic rings. The van der Waals surface area contributed by atoms with Crippen molar-refractivity contribution in [2.45, 2.75) is 19.9 Å². The molecule has 0 aromatic heterocycles. The van der Waals surface area contributed by atoms with Crippen molar-refractivity contribution in [3.05, 3.63) is 71.3 Å². The summed E-state index contributed by atoms with van der Waals surface area (Å²) in [5.74, 6) is 0.0657. The van der Waals surface area contributed by atoms with Gasteiger partial charge in [-0.05, 0) is 37.6 Å². The van der Waals surface area contributed by atoms with Crippen LogP contribution in [-0.4, -0.2) is 23.9 Å². The summed E-state index contributed by atoms with van der Waals surface area (Å²) in [6.07, 6.45) is 0.810. The number of rotatable bonds is 6. The molecule has 0 spiro atoms. The second-order valence-electron chi connectivity index (χ2n) is 5.22. The predicted molar refractivity (Wildman–Crippen MR) is 93.3 cm³/mol. The molecule has 22 heavy (non-hydrogen) atoms. The van der Waals surface area contributed by atoms with Gasteiger partial charge in [0.1, 0.15) is 0 Å². The highest BCUT2D eigenvalue weighted by molar-refractivity contribution is 5.94. The van der Waals surface area contributed by atoms with Gasteiger partial charge in [0.05, 0.1) is 0 Å². The molecule has 0 fully saturated rings. The Bertz CT molecular complexity index is 587. The molecule has 4 heteroatoms. The van der Waals surface area contributed by atoms with Crippen LogP contribution in [0.3, 0.4) is 0 Å². The van der Waals surface area contributed by atoms with E-state index in [1.807, 2.05) is 66.4 Å². The molecule has 2 aromatic rings. The number of hydrogen-bond acceptors (Lipinski definition) is 2. The maximum atomic E-state index is 12.7. The number of halogens is 1. The molecular formula is C18H23ClN2O. The van der Waals surface area contributed by atoms with Gasteiger partial charge in [0.25, 0.3) is 5.91 Å². The minimum Gasteiger partial charge on any atom is -0.334 e. The summed E-state index contributed by atoms with van der Waals surface area (Å²) >= 11 is 0. The monoisotopic (exact) mass is 318 g/mol. The highest BCUT2D eigenvalue weighted by Crippen LogP contribution is 2.12. The SMILES string of the molecule is Cc1cccc(C(=O)N(CCCN)Cc2ccccc2)c1.Cl. The number of nitrogens with zero attached hydrogens (tertiary/aromatic N) is 1. The lowest BCUT2D eigenvalue weighted by atomic mass is 10.1. The van der Waals surface area contributed by atoms with Gasteiger partial charge in [-0.2, -0.15) is 0 Å². The van der Waals surface area contributed by atoms with Gasteiger partial charge in [-0.3, -0.25) is 4.79 Å². The number of carbonyl (C=O) groups excluding carboxylic acids is 1. The summed E-state index contributed by atoms with van der Waals surface area (Å²) in [7, 11) is 0. The molecule has 0 unspecified atom stereocenters. The number of carbonyl (C=O) groups is 1. The van der Waals surface area contributed by atoms with E-state index in [0.29, 0.717) is 19.6 Å². The minimum absolute atomic E-state index is 0. The van der Waals surface area contributed by atoms with Gasteiger partial charge in [0, 0.05) is 18.7 Å². The Morgan fingerprint density at radius 1 is 1.09 bits per heavy atom. The van der Waals surface area contributed by atoms with Crippen LogP contribution < -0.4 is 5.73 Å². The summed E-state index contributed by atoms with van der Waals surface area (Å²) in [4.78, 5) is 14.6. The Morgan fingerprint density at radius 3 is 2.45 bits per heavy atom. The lowest BCUT2D eigenvalue weighted by molar-refractivity contribution is 0.0742. The van der Waals surface area contributed by atoms with Crippen LogP contribution in [0.15, 0.2) is 54.6 Å². The van der Waals surface area contributed by atoms with Crippen LogP contribution in [0.1, 0.15) is 27.9 Å². The Labute approximate surface area is 138 Å². The zero-order valence-electron chi connectivity index (χ0n) is 12.9. The van der Waals surface area contributed by atoms with Gasteiger partial charge in [0.2, 0.25) is 0 Å². The largest absolute Gasteiger partial charge is 0.334 e. The van der Waals surface area contributed by atoms with Crippen LogP contribution in [0.4, 0.5) is 0 Å². The fourth-order valence-electron chi connectivity index (χ4n) is 2.30. The van der Waals surface area contributed by atoms with Gasteiger partial charge in [-0.15, -0.1) is 12.4 Å². The minimum atomic E-state index is 0. The molecule has 0 aliphatic heterocycles. The Hall–Kier alpha value is -1.84. The first-order valence-corrected chi connectivity index (χ1v) is 7.30. The number of benzene rings is 2. The van der Waals surface area contributed by atoms with E-state index in [-0.39, 0.29) is 18.3 Å². The molecule has 2 aromatic carbocycles. The van der Waals surface area contributed by atoms with Crippen LogP contribution in [0.2, 0.25) is 0 Å². The first-order chi connectivity index (χ1) is 10.2. The molecule has 0 radical (unpaired) electrons. The molecule has 0 aliphatic carbocycles. The van der Waals surface area contributed by atoms with Gasteiger partial charge >= 0.3 is 0 Å². The summed E-state index contributed by atoms with van der Waals surface area (Å²) < 4.78 is 0. The predicted octanol–water partition coefficient (Wildman–Crippen LogP) is 3.41. The molecular weight excluding hydrogens is 296 g/mol. The number of aryl methyl sites for hydroxylation is 1. The van der Waals surface area contributed by atoms with Gasteiger partial charge in [-0.25, -0.2) is 0 Å². The van der Waals surface area contributed by atoms with Crippen molar-refractivity contribution < 1.29 is 4.79 Å². The molecule has 2 rings (SSSR count). The quantitative estimate of drug-likeness (QED) is 0.887. The Balaban J connectivity index is 0.00000242. The van der Waals surface area contributed by atoms with E-state index in [0.717, 1.165) is 23.1 Å². The van der Waals surface area contributed by atoms with Crippen LogP contribution in [0.25, 0.3) is 0 Å². The molecule has 118 valence electrons. The molecule has 0 bridgehead atoms. The maximum Gasteiger partial charge on any atom is 0.254 e. The van der Waals surface area contributed by atoms with Crippen molar-refractivity contribution in [2.75, 3.05) is 13.1 Å². The third-order valence-electron chi connectivity index (χ3n) is 3.40. The average molecular weight is 319 g/mol. The first kappa shape index (κ1) is 18.2. The van der Waals surface area contributed by atoms with Crippen molar-refractivity contribution >= 4 is 18.3 Å². The molecule has 1 amide bonds. The molecule has 0 saturated heterocycles. The van der Waals surface area contributed by atoms with Gasteiger partial charge < -0.3 is 10.6 Å². The number of amides is 1. The van der Waals surface area contributed by atoms with Crippen molar-refractivity contribution in [3.63, 3.8) is 0 Å². The Kier molecular flexibility index (Phi) is 7.64. The highest BCUT2D eigenvalue weighted by atomic mass is 35.5. The fraction of sp³-hybridized carbons (Fsp3) is 0.278. The number of hydrogen-bond donors (Lipinski definition) is 1. The van der Waals surface area contributed by atoms with E-state index in [4.69, 9.17) is 5.73 Å². The lowest BCUT2D eigenvalue weighted by Gasteiger charge is -2.23. The molecule has 3 nitrogen and oxygen atoms in total. The van der Waals surface area contributed by atoms with E-state index in [1.165, 1.54) is 0 Å². The summed E-state index contributed by atoms with van der Waals surface area (Å²) in [6.45, 7) is 3.89. The van der Waals surface area contributed by atoms with E-state index >= 15 is 0 Å². The smallest absolute Gasteiger partial charge is 0.254 e.